The topological polar surface area (TPSA) is 64.8 Å². The highest BCUT2D eigenvalue weighted by molar-refractivity contribution is 5.95. The zero-order valence-corrected chi connectivity index (χ0v) is 11.3. The minimum atomic E-state index is -0.0890. The van der Waals surface area contributed by atoms with Crippen molar-refractivity contribution in [2.75, 3.05) is 27.8 Å². The molecule has 0 radical (unpaired) electrons. The molecule has 1 aromatic carbocycles. The van der Waals surface area contributed by atoms with E-state index in [1.54, 1.807) is 44.4 Å². The maximum Gasteiger partial charge on any atom is 0.254 e. The summed E-state index contributed by atoms with van der Waals surface area (Å²) >= 11 is 0. The average Bonchev–Trinajstić information content (AvgIpc) is 2.43. The van der Waals surface area contributed by atoms with Gasteiger partial charge in [-0.3, -0.25) is 4.79 Å². The fourth-order valence-electron chi connectivity index (χ4n) is 1.53. The van der Waals surface area contributed by atoms with Crippen LogP contribution in [-0.2, 0) is 0 Å². The maximum absolute atomic E-state index is 12.2. The van der Waals surface area contributed by atoms with E-state index < -0.39 is 0 Å². The van der Waals surface area contributed by atoms with E-state index in [1.165, 1.54) is 0 Å². The first-order valence-corrected chi connectivity index (χ1v) is 5.74. The van der Waals surface area contributed by atoms with E-state index in [0.29, 0.717) is 23.6 Å². The van der Waals surface area contributed by atoms with E-state index in [1.807, 2.05) is 6.92 Å². The van der Waals surface area contributed by atoms with E-state index in [-0.39, 0.29) is 11.9 Å². The number of nitrogens with two attached hydrogens (primary N) is 1. The number of likely N-dealkylation sites (N-methyl/N-ethyl adjacent to an activating group) is 1. The van der Waals surface area contributed by atoms with Crippen molar-refractivity contribution < 1.29 is 14.3 Å². The molecule has 1 aromatic rings. The Bertz CT molecular complexity index is 421. The number of ether oxygens (including phenoxy) is 2. The molecule has 18 heavy (non-hydrogen) atoms. The summed E-state index contributed by atoms with van der Waals surface area (Å²) < 4.78 is 10.3. The van der Waals surface area contributed by atoms with Gasteiger partial charge in [-0.2, -0.15) is 0 Å². The molecule has 0 fully saturated rings. The number of amides is 1. The predicted molar refractivity (Wildman–Crippen MR) is 70.2 cm³/mol. The van der Waals surface area contributed by atoms with Crippen LogP contribution >= 0.6 is 0 Å². The standard InChI is InChI=1S/C13H20N2O3/c1-9(8-14)15(2)13(16)10-5-6-11(17-3)12(7-10)18-4/h5-7,9H,8,14H2,1-4H3. The molecule has 1 unspecified atom stereocenters. The van der Waals surface area contributed by atoms with Crippen LogP contribution in [0.1, 0.15) is 17.3 Å². The van der Waals surface area contributed by atoms with Crippen LogP contribution in [0.2, 0.25) is 0 Å². The van der Waals surface area contributed by atoms with Crippen LogP contribution in [-0.4, -0.2) is 44.7 Å². The highest BCUT2D eigenvalue weighted by atomic mass is 16.5. The van der Waals surface area contributed by atoms with Gasteiger partial charge in [-0.05, 0) is 25.1 Å². The van der Waals surface area contributed by atoms with Gasteiger partial charge < -0.3 is 20.1 Å². The van der Waals surface area contributed by atoms with Gasteiger partial charge in [0.25, 0.3) is 5.91 Å². The molecule has 0 aliphatic carbocycles. The van der Waals surface area contributed by atoms with Crippen LogP contribution in [0.25, 0.3) is 0 Å². The van der Waals surface area contributed by atoms with Gasteiger partial charge in [-0.1, -0.05) is 0 Å². The summed E-state index contributed by atoms with van der Waals surface area (Å²) in [5.41, 5.74) is 6.10. The van der Waals surface area contributed by atoms with Crippen molar-refractivity contribution in [2.24, 2.45) is 5.73 Å². The molecule has 1 rings (SSSR count). The summed E-state index contributed by atoms with van der Waals surface area (Å²) in [6, 6.07) is 5.09. The van der Waals surface area contributed by atoms with Crippen LogP contribution < -0.4 is 15.2 Å². The lowest BCUT2D eigenvalue weighted by atomic mass is 10.1. The number of rotatable bonds is 5. The third kappa shape index (κ3) is 2.92. The molecule has 0 aromatic heterocycles. The molecule has 1 atom stereocenters. The third-order valence-corrected chi connectivity index (χ3v) is 2.95. The molecular formula is C13H20N2O3. The predicted octanol–water partition coefficient (Wildman–Crippen LogP) is 1.12. The minimum Gasteiger partial charge on any atom is -0.493 e. The Hall–Kier alpha value is -1.75. The third-order valence-electron chi connectivity index (χ3n) is 2.95. The van der Waals surface area contributed by atoms with E-state index in [2.05, 4.69) is 0 Å². The van der Waals surface area contributed by atoms with Gasteiger partial charge in [-0.15, -0.1) is 0 Å². The molecule has 0 bridgehead atoms. The second kappa shape index (κ2) is 6.26. The number of carbonyl (C=O) groups excluding carboxylic acids is 1. The summed E-state index contributed by atoms with van der Waals surface area (Å²) in [7, 11) is 4.83. The minimum absolute atomic E-state index is 0.00871. The highest BCUT2D eigenvalue weighted by Gasteiger charge is 2.18. The van der Waals surface area contributed by atoms with E-state index in [0.717, 1.165) is 0 Å². The second-order valence-corrected chi connectivity index (χ2v) is 4.07. The molecule has 1 amide bonds. The SMILES string of the molecule is COc1ccc(C(=O)N(C)C(C)CN)cc1OC. The monoisotopic (exact) mass is 252 g/mol. The van der Waals surface area contributed by atoms with Gasteiger partial charge in [0.15, 0.2) is 11.5 Å². The summed E-state index contributed by atoms with van der Waals surface area (Å²) in [6.45, 7) is 2.33. The molecular weight excluding hydrogens is 232 g/mol. The van der Waals surface area contributed by atoms with E-state index >= 15 is 0 Å². The molecule has 2 N–H and O–H groups in total. The molecule has 0 heterocycles. The Balaban J connectivity index is 3.00. The Labute approximate surface area is 107 Å². The normalized spacial score (nSPS) is 11.8. The fraction of sp³-hybridized carbons (Fsp3) is 0.462. The molecule has 100 valence electrons. The summed E-state index contributed by atoms with van der Waals surface area (Å²) in [4.78, 5) is 13.8. The average molecular weight is 252 g/mol. The van der Waals surface area contributed by atoms with Crippen molar-refractivity contribution in [3.05, 3.63) is 23.8 Å². The first-order chi connectivity index (χ1) is 8.54. The fourth-order valence-corrected chi connectivity index (χ4v) is 1.53. The first-order valence-electron chi connectivity index (χ1n) is 5.74. The van der Waals surface area contributed by atoms with Gasteiger partial charge in [-0.25, -0.2) is 0 Å². The van der Waals surface area contributed by atoms with Crippen LogP contribution in [0, 0.1) is 0 Å². The number of nitrogens with zero attached hydrogens (tertiary/aromatic N) is 1. The van der Waals surface area contributed by atoms with Gasteiger partial charge in [0, 0.05) is 25.2 Å². The number of hydrogen-bond acceptors (Lipinski definition) is 4. The number of carbonyl (C=O) groups is 1. The lowest BCUT2D eigenvalue weighted by Gasteiger charge is -2.24. The van der Waals surface area contributed by atoms with Gasteiger partial charge in [0.1, 0.15) is 0 Å². The Morgan fingerprint density at radius 2 is 1.94 bits per heavy atom. The van der Waals surface area contributed by atoms with Crippen molar-refractivity contribution >= 4 is 5.91 Å². The Morgan fingerprint density at radius 1 is 1.33 bits per heavy atom. The lowest BCUT2D eigenvalue weighted by molar-refractivity contribution is 0.0748. The molecule has 0 spiro atoms. The van der Waals surface area contributed by atoms with Crippen LogP contribution in [0.3, 0.4) is 0 Å². The highest BCUT2D eigenvalue weighted by Crippen LogP contribution is 2.28. The van der Waals surface area contributed by atoms with Crippen molar-refractivity contribution in [2.45, 2.75) is 13.0 Å². The molecule has 5 heteroatoms. The number of benzene rings is 1. The van der Waals surface area contributed by atoms with Gasteiger partial charge in [0.05, 0.1) is 14.2 Å². The zero-order valence-electron chi connectivity index (χ0n) is 11.3. The smallest absolute Gasteiger partial charge is 0.254 e. The molecule has 0 aliphatic rings. The first kappa shape index (κ1) is 14.3. The van der Waals surface area contributed by atoms with Crippen LogP contribution in [0.15, 0.2) is 18.2 Å². The van der Waals surface area contributed by atoms with Crippen LogP contribution in [0.4, 0.5) is 0 Å². The summed E-state index contributed by atoms with van der Waals surface area (Å²) in [5, 5.41) is 0. The van der Waals surface area contributed by atoms with E-state index in [9.17, 15) is 4.79 Å². The lowest BCUT2D eigenvalue weighted by Crippen LogP contribution is -2.39. The van der Waals surface area contributed by atoms with Crippen molar-refractivity contribution in [1.82, 2.24) is 4.90 Å². The van der Waals surface area contributed by atoms with Gasteiger partial charge >= 0.3 is 0 Å². The number of methoxy groups -OCH3 is 2. The van der Waals surface area contributed by atoms with Crippen LogP contribution in [0.5, 0.6) is 11.5 Å². The Morgan fingerprint density at radius 3 is 2.44 bits per heavy atom. The van der Waals surface area contributed by atoms with E-state index in [4.69, 9.17) is 15.2 Å². The number of hydrogen-bond donors (Lipinski definition) is 1. The van der Waals surface area contributed by atoms with Crippen molar-refractivity contribution in [1.29, 1.82) is 0 Å². The molecule has 5 nitrogen and oxygen atoms in total. The second-order valence-electron chi connectivity index (χ2n) is 4.07. The summed E-state index contributed by atoms with van der Waals surface area (Å²) in [6.07, 6.45) is 0. The Kier molecular flexibility index (Phi) is 4.97. The zero-order chi connectivity index (χ0) is 13.7. The molecule has 0 saturated carbocycles. The quantitative estimate of drug-likeness (QED) is 0.853. The largest absolute Gasteiger partial charge is 0.493 e. The van der Waals surface area contributed by atoms with Crippen molar-refractivity contribution in [3.8, 4) is 11.5 Å². The summed E-state index contributed by atoms with van der Waals surface area (Å²) in [5.74, 6) is 1.05. The van der Waals surface area contributed by atoms with Gasteiger partial charge in [0.2, 0.25) is 0 Å². The maximum atomic E-state index is 12.2. The molecule has 0 aliphatic heterocycles. The van der Waals surface area contributed by atoms with Crippen molar-refractivity contribution in [3.63, 3.8) is 0 Å². The molecule has 0 saturated heterocycles.